The Bertz CT molecular complexity index is 1080. The number of benzene rings is 2. The van der Waals surface area contributed by atoms with Crippen molar-refractivity contribution in [2.75, 3.05) is 12.9 Å². The number of aryl methyl sites for hydroxylation is 1. The second kappa shape index (κ2) is 7.95. The highest BCUT2D eigenvalue weighted by molar-refractivity contribution is 7.86. The lowest BCUT2D eigenvalue weighted by Gasteiger charge is -2.24. The Balaban J connectivity index is 2.12. The maximum atomic E-state index is 12.2. The minimum absolute atomic E-state index is 0.0332. The van der Waals surface area contributed by atoms with Crippen LogP contribution in [0, 0.1) is 0 Å². The summed E-state index contributed by atoms with van der Waals surface area (Å²) in [6.07, 6.45) is 2.47. The van der Waals surface area contributed by atoms with Crippen molar-refractivity contribution in [1.82, 2.24) is 0 Å². The molecule has 0 radical (unpaired) electrons. The largest absolute Gasteiger partial charge is 0.370 e. The van der Waals surface area contributed by atoms with Gasteiger partial charge < -0.3 is 11.5 Å². The zero-order valence-corrected chi connectivity index (χ0v) is 16.2. The summed E-state index contributed by atoms with van der Waals surface area (Å²) in [4.78, 5) is 15.8. The molecule has 0 atom stereocenters. The predicted molar refractivity (Wildman–Crippen MR) is 108 cm³/mol. The second-order valence-electron chi connectivity index (χ2n) is 6.52. The van der Waals surface area contributed by atoms with Crippen LogP contribution >= 0.6 is 0 Å². The van der Waals surface area contributed by atoms with Gasteiger partial charge >= 0.3 is 0 Å². The Hall–Kier alpha value is -2.97. The first-order chi connectivity index (χ1) is 13.2. The van der Waals surface area contributed by atoms with E-state index in [4.69, 9.17) is 15.7 Å². The summed E-state index contributed by atoms with van der Waals surface area (Å²) in [7, 11) is -3.58. The lowest BCUT2D eigenvalue weighted by molar-refractivity contribution is 0.100. The molecule has 0 heterocycles. The van der Waals surface area contributed by atoms with Crippen LogP contribution in [0.2, 0.25) is 0 Å². The van der Waals surface area contributed by atoms with Gasteiger partial charge in [0.05, 0.1) is 12.9 Å². The van der Waals surface area contributed by atoms with Crippen molar-refractivity contribution < 1.29 is 17.4 Å². The molecule has 0 bridgehead atoms. The summed E-state index contributed by atoms with van der Waals surface area (Å²) in [6, 6.07) is 14.8. The van der Waals surface area contributed by atoms with E-state index in [1.54, 1.807) is 18.2 Å². The molecule has 7 nitrogen and oxygen atoms in total. The van der Waals surface area contributed by atoms with Crippen LogP contribution in [0.5, 0.6) is 0 Å². The predicted octanol–water partition coefficient (Wildman–Crippen LogP) is 1.82. The maximum Gasteiger partial charge on any atom is 0.280 e. The average molecular weight is 399 g/mol. The molecule has 1 aliphatic rings. The summed E-state index contributed by atoms with van der Waals surface area (Å²) in [5, 5.41) is 0. The molecule has 8 heteroatoms. The van der Waals surface area contributed by atoms with Crippen LogP contribution in [0.25, 0.3) is 5.57 Å². The van der Waals surface area contributed by atoms with Crippen LogP contribution < -0.4 is 11.5 Å². The molecule has 0 unspecified atom stereocenters. The lowest BCUT2D eigenvalue weighted by atomic mass is 9.82. The SMILES string of the molecule is CS(=O)(=O)OCC1=C(c2cccc(C(=O)N=C(N)N)c2)c2ccccc2CC1. The first-order valence-electron chi connectivity index (χ1n) is 8.63. The molecule has 0 aliphatic heterocycles. The third kappa shape index (κ3) is 4.65. The number of carbonyl (C=O) groups is 1. The fourth-order valence-electron chi connectivity index (χ4n) is 3.25. The Kier molecular flexibility index (Phi) is 5.62. The third-order valence-electron chi connectivity index (χ3n) is 4.41. The minimum Gasteiger partial charge on any atom is -0.370 e. The molecule has 4 N–H and O–H groups in total. The molecule has 3 rings (SSSR count). The van der Waals surface area contributed by atoms with Gasteiger partial charge in [-0.25, -0.2) is 0 Å². The quantitative estimate of drug-likeness (QED) is 0.449. The molecule has 0 aromatic heterocycles. The van der Waals surface area contributed by atoms with Crippen molar-refractivity contribution in [2.45, 2.75) is 12.8 Å². The number of nitrogens with zero attached hydrogens (tertiary/aromatic N) is 1. The molecule has 2 aromatic rings. The van der Waals surface area contributed by atoms with E-state index in [1.807, 2.05) is 30.3 Å². The van der Waals surface area contributed by atoms with Crippen LogP contribution in [0.15, 0.2) is 59.1 Å². The summed E-state index contributed by atoms with van der Waals surface area (Å²) in [5.74, 6) is -0.847. The average Bonchev–Trinajstić information content (AvgIpc) is 2.64. The van der Waals surface area contributed by atoms with E-state index >= 15 is 0 Å². The lowest BCUT2D eigenvalue weighted by Crippen LogP contribution is -2.24. The van der Waals surface area contributed by atoms with Gasteiger partial charge in [0, 0.05) is 5.56 Å². The number of amides is 1. The second-order valence-corrected chi connectivity index (χ2v) is 8.17. The van der Waals surface area contributed by atoms with Crippen molar-refractivity contribution in [3.8, 4) is 0 Å². The topological polar surface area (TPSA) is 125 Å². The van der Waals surface area contributed by atoms with Crippen LogP contribution in [0.1, 0.15) is 33.5 Å². The first-order valence-corrected chi connectivity index (χ1v) is 10.5. The Labute approximate surface area is 163 Å². The van der Waals surface area contributed by atoms with Gasteiger partial charge in [0.2, 0.25) is 0 Å². The van der Waals surface area contributed by atoms with Crippen LogP contribution in [-0.2, 0) is 20.7 Å². The number of aliphatic imine (C=N–C) groups is 1. The molecule has 28 heavy (non-hydrogen) atoms. The highest BCUT2D eigenvalue weighted by Gasteiger charge is 2.22. The molecule has 1 aliphatic carbocycles. The van der Waals surface area contributed by atoms with Crippen LogP contribution in [0.3, 0.4) is 0 Å². The zero-order chi connectivity index (χ0) is 20.3. The molecule has 0 spiro atoms. The Morgan fingerprint density at radius 3 is 2.57 bits per heavy atom. The summed E-state index contributed by atoms with van der Waals surface area (Å²) < 4.78 is 28.0. The summed E-state index contributed by atoms with van der Waals surface area (Å²) in [6.45, 7) is -0.0332. The highest BCUT2D eigenvalue weighted by Crippen LogP contribution is 2.36. The molecule has 0 saturated carbocycles. The van der Waals surface area contributed by atoms with Crippen molar-refractivity contribution in [3.05, 3.63) is 76.4 Å². The van der Waals surface area contributed by atoms with Gasteiger partial charge in [-0.15, -0.1) is 0 Å². The number of rotatable bonds is 5. The zero-order valence-electron chi connectivity index (χ0n) is 15.4. The van der Waals surface area contributed by atoms with E-state index in [0.29, 0.717) is 12.0 Å². The molecular weight excluding hydrogens is 378 g/mol. The van der Waals surface area contributed by atoms with Gasteiger partial charge in [0.15, 0.2) is 5.96 Å². The number of fused-ring (bicyclic) bond motifs is 1. The number of carbonyl (C=O) groups excluding carboxylic acids is 1. The van der Waals surface area contributed by atoms with Crippen molar-refractivity contribution >= 4 is 27.6 Å². The van der Waals surface area contributed by atoms with Gasteiger partial charge in [0.1, 0.15) is 0 Å². The fourth-order valence-corrected chi connectivity index (χ4v) is 3.61. The van der Waals surface area contributed by atoms with Crippen molar-refractivity contribution in [3.63, 3.8) is 0 Å². The smallest absolute Gasteiger partial charge is 0.280 e. The van der Waals surface area contributed by atoms with E-state index in [9.17, 15) is 13.2 Å². The maximum absolute atomic E-state index is 12.2. The van der Waals surface area contributed by atoms with Gasteiger partial charge in [-0.3, -0.25) is 8.98 Å². The molecule has 2 aromatic carbocycles. The van der Waals surface area contributed by atoms with E-state index < -0.39 is 16.0 Å². The third-order valence-corrected chi connectivity index (χ3v) is 4.96. The molecule has 0 saturated heterocycles. The standard InChI is InChI=1S/C20H21N3O4S/c1-28(25,26)27-12-16-10-9-13-5-2-3-8-17(13)18(16)14-6-4-7-15(11-14)19(24)23-20(21)22/h2-8,11H,9-10,12H2,1H3,(H4,21,22,23,24). The number of guanidine groups is 1. The van der Waals surface area contributed by atoms with E-state index in [-0.39, 0.29) is 12.6 Å². The first kappa shape index (κ1) is 19.8. The number of nitrogens with two attached hydrogens (primary N) is 2. The van der Waals surface area contributed by atoms with Gasteiger partial charge in [0.25, 0.3) is 16.0 Å². The van der Waals surface area contributed by atoms with Gasteiger partial charge in [-0.1, -0.05) is 36.4 Å². The number of hydrogen-bond donors (Lipinski definition) is 2. The molecule has 146 valence electrons. The Morgan fingerprint density at radius 1 is 1.11 bits per heavy atom. The van der Waals surface area contributed by atoms with Crippen molar-refractivity contribution in [2.24, 2.45) is 16.5 Å². The van der Waals surface area contributed by atoms with Crippen LogP contribution in [0.4, 0.5) is 0 Å². The summed E-state index contributed by atoms with van der Waals surface area (Å²) >= 11 is 0. The number of hydrogen-bond acceptors (Lipinski definition) is 4. The van der Waals surface area contributed by atoms with Crippen molar-refractivity contribution in [1.29, 1.82) is 0 Å². The summed E-state index contributed by atoms with van der Waals surface area (Å²) in [5.41, 5.74) is 15.6. The van der Waals surface area contributed by atoms with Crippen LogP contribution in [-0.4, -0.2) is 33.1 Å². The monoisotopic (exact) mass is 399 g/mol. The highest BCUT2D eigenvalue weighted by atomic mass is 32.2. The molecule has 1 amide bonds. The van der Waals surface area contributed by atoms with E-state index in [1.165, 1.54) is 0 Å². The van der Waals surface area contributed by atoms with Gasteiger partial charge in [-0.2, -0.15) is 13.4 Å². The van der Waals surface area contributed by atoms with E-state index in [0.717, 1.165) is 40.5 Å². The van der Waals surface area contributed by atoms with Gasteiger partial charge in [-0.05, 0) is 52.8 Å². The normalized spacial score (nSPS) is 13.8. The fraction of sp³-hybridized carbons (Fsp3) is 0.200. The Morgan fingerprint density at radius 2 is 1.86 bits per heavy atom. The molecular formula is C20H21N3O4S. The minimum atomic E-state index is -3.58. The molecule has 0 fully saturated rings. The van der Waals surface area contributed by atoms with E-state index in [2.05, 4.69) is 4.99 Å².